The zero-order valence-electron chi connectivity index (χ0n) is 22.3. The second kappa shape index (κ2) is 10.9. The molecule has 3 aliphatic heterocycles. The van der Waals surface area contributed by atoms with E-state index in [1.807, 2.05) is 13.0 Å². The van der Waals surface area contributed by atoms with Crippen LogP contribution in [0.4, 0.5) is 17.6 Å². The molecule has 2 amide bonds. The van der Waals surface area contributed by atoms with Crippen LogP contribution in [0.2, 0.25) is 0 Å². The Morgan fingerprint density at radius 2 is 1.87 bits per heavy atom. The summed E-state index contributed by atoms with van der Waals surface area (Å²) in [5, 5.41) is 2.97. The van der Waals surface area contributed by atoms with E-state index in [-0.39, 0.29) is 36.9 Å². The van der Waals surface area contributed by atoms with Crippen molar-refractivity contribution in [2.75, 3.05) is 13.1 Å². The predicted octanol–water partition coefficient (Wildman–Crippen LogP) is 4.60. The van der Waals surface area contributed by atoms with E-state index in [2.05, 4.69) is 19.8 Å². The zero-order chi connectivity index (χ0) is 27.9. The summed E-state index contributed by atoms with van der Waals surface area (Å²) in [5.41, 5.74) is 2.51. The number of benzene rings is 1. The fourth-order valence-corrected chi connectivity index (χ4v) is 6.91. The molecule has 3 atom stereocenters. The van der Waals surface area contributed by atoms with E-state index >= 15 is 0 Å². The molecule has 2 aromatic rings. The second-order valence-corrected chi connectivity index (χ2v) is 11.1. The van der Waals surface area contributed by atoms with Crippen LogP contribution in [0.25, 0.3) is 0 Å². The molecule has 39 heavy (non-hydrogen) atoms. The van der Waals surface area contributed by atoms with E-state index in [0.29, 0.717) is 30.6 Å². The van der Waals surface area contributed by atoms with Gasteiger partial charge in [-0.3, -0.25) is 14.5 Å². The molecule has 2 saturated heterocycles. The number of aromatic nitrogens is 2. The van der Waals surface area contributed by atoms with Gasteiger partial charge in [-0.25, -0.2) is 9.37 Å². The second-order valence-electron chi connectivity index (χ2n) is 11.1. The number of imidazole rings is 1. The van der Waals surface area contributed by atoms with Crippen molar-refractivity contribution in [3.63, 3.8) is 0 Å². The average molecular weight is 550 g/mol. The van der Waals surface area contributed by atoms with Crippen LogP contribution >= 0.6 is 0 Å². The summed E-state index contributed by atoms with van der Waals surface area (Å²) < 4.78 is 54.3. The molecule has 1 aromatic heterocycles. The van der Waals surface area contributed by atoms with E-state index in [4.69, 9.17) is 0 Å². The van der Waals surface area contributed by atoms with Crippen molar-refractivity contribution in [1.29, 1.82) is 0 Å². The SMILES string of the molecule is CC(=O)N[C@@H](CCN1C2CCC1CC(n1c(C)nc3c1CCN(C(=O)CC(F)(F)F)C3)C2)c1cccc(F)c1. The van der Waals surface area contributed by atoms with Gasteiger partial charge in [-0.05, 0) is 56.7 Å². The summed E-state index contributed by atoms with van der Waals surface area (Å²) in [6.07, 6.45) is -0.707. The summed E-state index contributed by atoms with van der Waals surface area (Å²) in [7, 11) is 0. The van der Waals surface area contributed by atoms with Crippen LogP contribution < -0.4 is 5.32 Å². The lowest BCUT2D eigenvalue weighted by molar-refractivity contribution is -0.162. The summed E-state index contributed by atoms with van der Waals surface area (Å²) in [6, 6.07) is 7.12. The molecule has 11 heteroatoms. The highest BCUT2D eigenvalue weighted by Gasteiger charge is 2.43. The maximum Gasteiger partial charge on any atom is 0.397 e. The first-order valence-electron chi connectivity index (χ1n) is 13.7. The van der Waals surface area contributed by atoms with E-state index in [9.17, 15) is 27.2 Å². The number of hydrogen-bond acceptors (Lipinski definition) is 4. The monoisotopic (exact) mass is 549 g/mol. The Balaban J connectivity index is 1.25. The van der Waals surface area contributed by atoms with Gasteiger partial charge in [0.25, 0.3) is 0 Å². The number of nitrogens with one attached hydrogen (secondary N) is 1. The number of aryl methyl sites for hydroxylation is 1. The Morgan fingerprint density at radius 3 is 2.51 bits per heavy atom. The molecule has 1 N–H and O–H groups in total. The normalized spacial score (nSPS) is 23.9. The van der Waals surface area contributed by atoms with E-state index in [0.717, 1.165) is 49.3 Å². The number of hydrogen-bond donors (Lipinski definition) is 1. The third kappa shape index (κ3) is 6.13. The predicted molar refractivity (Wildman–Crippen MR) is 136 cm³/mol. The van der Waals surface area contributed by atoms with Gasteiger partial charge in [0.2, 0.25) is 11.8 Å². The Labute approximate surface area is 225 Å². The van der Waals surface area contributed by atoms with Crippen molar-refractivity contribution in [1.82, 2.24) is 24.7 Å². The number of piperidine rings is 1. The first-order chi connectivity index (χ1) is 18.5. The maximum atomic E-state index is 13.9. The molecule has 0 spiro atoms. The van der Waals surface area contributed by atoms with Gasteiger partial charge in [0, 0.05) is 50.3 Å². The number of carbonyl (C=O) groups excluding carboxylic acids is 2. The van der Waals surface area contributed by atoms with Gasteiger partial charge in [-0.1, -0.05) is 12.1 Å². The molecular weight excluding hydrogens is 514 g/mol. The molecular formula is C28H35F4N5O2. The van der Waals surface area contributed by atoms with Crippen molar-refractivity contribution < 1.29 is 27.2 Å². The number of halogens is 4. The van der Waals surface area contributed by atoms with E-state index < -0.39 is 18.5 Å². The van der Waals surface area contributed by atoms with Crippen LogP contribution in [0.1, 0.15) is 80.3 Å². The van der Waals surface area contributed by atoms with Crippen molar-refractivity contribution in [3.05, 3.63) is 52.9 Å². The molecule has 1 aromatic carbocycles. The van der Waals surface area contributed by atoms with Crippen LogP contribution in [-0.2, 0) is 22.6 Å². The average Bonchev–Trinajstić information content (AvgIpc) is 3.30. The number of amides is 2. The molecule has 0 saturated carbocycles. The zero-order valence-corrected chi connectivity index (χ0v) is 22.3. The maximum absolute atomic E-state index is 13.9. The van der Waals surface area contributed by atoms with Crippen molar-refractivity contribution in [2.45, 2.75) is 95.7 Å². The van der Waals surface area contributed by atoms with Crippen molar-refractivity contribution >= 4 is 11.8 Å². The Hall–Kier alpha value is -2.95. The largest absolute Gasteiger partial charge is 0.397 e. The van der Waals surface area contributed by atoms with Crippen molar-refractivity contribution in [2.24, 2.45) is 0 Å². The number of rotatable bonds is 7. The third-order valence-electron chi connectivity index (χ3n) is 8.46. The standard InChI is InChI=1S/C28H35F4N5O2/c1-17-33-25-16-35(27(39)15-28(30,31)32)10-9-26(25)37(17)23-13-21-6-7-22(14-23)36(21)11-8-24(34-18(2)38)19-4-3-5-20(29)12-19/h3-5,12,21-24H,6-11,13-16H2,1-2H3,(H,34,38)/t21?,22?,23?,24-/m0/s1. The Morgan fingerprint density at radius 1 is 1.15 bits per heavy atom. The summed E-state index contributed by atoms with van der Waals surface area (Å²) in [5.74, 6) is -0.525. The molecule has 2 bridgehead atoms. The highest BCUT2D eigenvalue weighted by Crippen LogP contribution is 2.43. The minimum Gasteiger partial charge on any atom is -0.349 e. The quantitative estimate of drug-likeness (QED) is 0.513. The van der Waals surface area contributed by atoms with Crippen LogP contribution in [0, 0.1) is 12.7 Å². The smallest absolute Gasteiger partial charge is 0.349 e. The molecule has 2 unspecified atom stereocenters. The highest BCUT2D eigenvalue weighted by molar-refractivity contribution is 5.77. The number of alkyl halides is 3. The number of nitrogens with zero attached hydrogens (tertiary/aromatic N) is 4. The van der Waals surface area contributed by atoms with Gasteiger partial charge in [0.15, 0.2) is 0 Å². The van der Waals surface area contributed by atoms with Gasteiger partial charge in [-0.2, -0.15) is 13.2 Å². The molecule has 3 aliphatic rings. The Kier molecular flexibility index (Phi) is 7.72. The fraction of sp³-hybridized carbons (Fsp3) is 0.607. The van der Waals surface area contributed by atoms with Crippen LogP contribution in [0.5, 0.6) is 0 Å². The number of carbonyl (C=O) groups is 2. The molecule has 0 aliphatic carbocycles. The molecule has 212 valence electrons. The summed E-state index contributed by atoms with van der Waals surface area (Å²) >= 11 is 0. The van der Waals surface area contributed by atoms with Crippen LogP contribution in [0.3, 0.4) is 0 Å². The number of fused-ring (bicyclic) bond motifs is 3. The van der Waals surface area contributed by atoms with Gasteiger partial charge in [0.1, 0.15) is 18.1 Å². The lowest BCUT2D eigenvalue weighted by atomic mass is 9.94. The van der Waals surface area contributed by atoms with Gasteiger partial charge in [-0.15, -0.1) is 0 Å². The van der Waals surface area contributed by atoms with E-state index in [1.54, 1.807) is 6.07 Å². The minimum atomic E-state index is -4.51. The van der Waals surface area contributed by atoms with Crippen LogP contribution in [-0.4, -0.2) is 62.5 Å². The molecule has 0 radical (unpaired) electrons. The topological polar surface area (TPSA) is 70.5 Å². The fourth-order valence-electron chi connectivity index (χ4n) is 6.91. The molecule has 4 heterocycles. The molecule has 5 rings (SSSR count). The summed E-state index contributed by atoms with van der Waals surface area (Å²) in [4.78, 5) is 32.5. The molecule has 7 nitrogen and oxygen atoms in total. The summed E-state index contributed by atoms with van der Waals surface area (Å²) in [6.45, 7) is 4.59. The first kappa shape index (κ1) is 27.6. The minimum absolute atomic E-state index is 0.119. The lowest BCUT2D eigenvalue weighted by Crippen LogP contribution is -2.45. The van der Waals surface area contributed by atoms with Crippen LogP contribution in [0.15, 0.2) is 24.3 Å². The van der Waals surface area contributed by atoms with Gasteiger partial charge >= 0.3 is 6.18 Å². The Bertz CT molecular complexity index is 1220. The highest BCUT2D eigenvalue weighted by atomic mass is 19.4. The molecule has 2 fully saturated rings. The first-order valence-corrected chi connectivity index (χ1v) is 13.7. The van der Waals surface area contributed by atoms with E-state index in [1.165, 1.54) is 24.0 Å². The third-order valence-corrected chi connectivity index (χ3v) is 8.46. The lowest BCUT2D eigenvalue weighted by Gasteiger charge is -2.41. The van der Waals surface area contributed by atoms with Crippen molar-refractivity contribution in [3.8, 4) is 0 Å². The van der Waals surface area contributed by atoms with Gasteiger partial charge in [0.05, 0.1) is 18.3 Å². The van der Waals surface area contributed by atoms with Gasteiger partial charge < -0.3 is 14.8 Å².